The number of carbonyl (C=O) groups is 1. The highest BCUT2D eigenvalue weighted by molar-refractivity contribution is 7.89. The number of nitrogens with one attached hydrogen (secondary N) is 2. The Morgan fingerprint density at radius 3 is 2.52 bits per heavy atom. The summed E-state index contributed by atoms with van der Waals surface area (Å²) >= 11 is 0. The van der Waals surface area contributed by atoms with Crippen molar-refractivity contribution in [2.45, 2.75) is 17.9 Å². The van der Waals surface area contributed by atoms with E-state index in [9.17, 15) is 18.3 Å². The van der Waals surface area contributed by atoms with E-state index in [-0.39, 0.29) is 23.0 Å². The van der Waals surface area contributed by atoms with Gasteiger partial charge in [0.1, 0.15) is 0 Å². The molecule has 3 N–H and O–H groups in total. The van der Waals surface area contributed by atoms with Gasteiger partial charge in [0.05, 0.1) is 10.5 Å². The van der Waals surface area contributed by atoms with Crippen LogP contribution in [-0.4, -0.2) is 26.0 Å². The van der Waals surface area contributed by atoms with Crippen molar-refractivity contribution in [1.29, 1.82) is 0 Å². The van der Waals surface area contributed by atoms with Gasteiger partial charge in [0.25, 0.3) is 0 Å². The van der Waals surface area contributed by atoms with E-state index in [2.05, 4.69) is 16.6 Å². The molecule has 6 nitrogen and oxygen atoms in total. The lowest BCUT2D eigenvalue weighted by molar-refractivity contribution is 0.0697. The summed E-state index contributed by atoms with van der Waals surface area (Å²) in [6.45, 7) is 5.41. The maximum atomic E-state index is 12.1. The number of carboxylic acid groups (broad SMARTS) is 1. The Kier molecular flexibility index (Phi) is 5.95. The molecule has 25 heavy (non-hydrogen) atoms. The Morgan fingerprint density at radius 1 is 1.24 bits per heavy atom. The summed E-state index contributed by atoms with van der Waals surface area (Å²) < 4.78 is 26.6. The van der Waals surface area contributed by atoms with Crippen LogP contribution in [0.1, 0.15) is 28.9 Å². The van der Waals surface area contributed by atoms with E-state index in [0.717, 1.165) is 11.6 Å². The Labute approximate surface area is 147 Å². The molecule has 0 amide bonds. The monoisotopic (exact) mass is 360 g/mol. The highest BCUT2D eigenvalue weighted by atomic mass is 32.2. The Balaban J connectivity index is 2.34. The molecule has 7 heteroatoms. The molecule has 0 bridgehead atoms. The van der Waals surface area contributed by atoms with Crippen molar-refractivity contribution in [3.05, 3.63) is 72.3 Å². The van der Waals surface area contributed by atoms with Gasteiger partial charge in [0, 0.05) is 18.3 Å². The molecule has 0 fully saturated rings. The van der Waals surface area contributed by atoms with E-state index in [0.29, 0.717) is 5.69 Å². The lowest BCUT2D eigenvalue weighted by Gasteiger charge is -2.18. The van der Waals surface area contributed by atoms with Crippen LogP contribution in [0, 0.1) is 0 Å². The Bertz CT molecular complexity index is 864. The van der Waals surface area contributed by atoms with Gasteiger partial charge in [-0.05, 0) is 30.7 Å². The van der Waals surface area contributed by atoms with Gasteiger partial charge in [0.15, 0.2) is 0 Å². The number of carboxylic acids is 1. The van der Waals surface area contributed by atoms with Crippen molar-refractivity contribution in [3.63, 3.8) is 0 Å². The number of hydrogen-bond donors (Lipinski definition) is 3. The fourth-order valence-electron chi connectivity index (χ4n) is 2.30. The topological polar surface area (TPSA) is 95.5 Å². The first-order chi connectivity index (χ1) is 11.8. The van der Waals surface area contributed by atoms with E-state index < -0.39 is 16.0 Å². The molecule has 0 saturated carbocycles. The molecule has 0 unspecified atom stereocenters. The predicted octanol–water partition coefficient (Wildman–Crippen LogP) is 3.02. The Morgan fingerprint density at radius 2 is 1.92 bits per heavy atom. The van der Waals surface area contributed by atoms with E-state index in [1.54, 1.807) is 0 Å². The minimum absolute atomic E-state index is 0.0653. The molecule has 1 atom stereocenters. The van der Waals surface area contributed by atoms with E-state index in [1.807, 2.05) is 37.3 Å². The van der Waals surface area contributed by atoms with Crippen LogP contribution in [0.25, 0.3) is 0 Å². The number of sulfonamides is 1. The third-order valence-electron chi connectivity index (χ3n) is 3.62. The van der Waals surface area contributed by atoms with Gasteiger partial charge in [-0.15, -0.1) is 6.58 Å². The molecule has 0 aliphatic rings. The van der Waals surface area contributed by atoms with Gasteiger partial charge in [0.2, 0.25) is 10.0 Å². The molecular formula is C18H20N2O4S. The van der Waals surface area contributed by atoms with Crippen LogP contribution in [0.4, 0.5) is 5.69 Å². The first kappa shape index (κ1) is 18.7. The second-order valence-electron chi connectivity index (χ2n) is 5.43. The summed E-state index contributed by atoms with van der Waals surface area (Å²) in [7, 11) is -3.79. The molecule has 0 radical (unpaired) electrons. The minimum atomic E-state index is -3.79. The van der Waals surface area contributed by atoms with Gasteiger partial charge >= 0.3 is 5.97 Å². The summed E-state index contributed by atoms with van der Waals surface area (Å²) in [6.07, 6.45) is 1.41. The maximum absolute atomic E-state index is 12.1. The molecule has 0 heterocycles. The molecule has 0 aliphatic carbocycles. The van der Waals surface area contributed by atoms with Crippen molar-refractivity contribution in [2.75, 3.05) is 11.9 Å². The standard InChI is InChI=1S/C18H20N2O4S/c1-3-11-19-25(23,24)15-9-10-17(16(12-15)18(21)22)20-13(2)14-7-5-4-6-8-14/h3-10,12-13,19-20H,1,11H2,2H3,(H,21,22)/t13-/m1/s1. The van der Waals surface area contributed by atoms with Crippen LogP contribution in [0.5, 0.6) is 0 Å². The highest BCUT2D eigenvalue weighted by Crippen LogP contribution is 2.25. The molecule has 0 saturated heterocycles. The summed E-state index contributed by atoms with van der Waals surface area (Å²) in [4.78, 5) is 11.5. The van der Waals surface area contributed by atoms with Crippen molar-refractivity contribution < 1.29 is 18.3 Å². The average Bonchev–Trinajstić information content (AvgIpc) is 2.60. The van der Waals surface area contributed by atoms with Crippen LogP contribution in [0.3, 0.4) is 0 Å². The predicted molar refractivity (Wildman–Crippen MR) is 97.3 cm³/mol. The van der Waals surface area contributed by atoms with Gasteiger partial charge in [-0.25, -0.2) is 17.9 Å². The summed E-state index contributed by atoms with van der Waals surface area (Å²) in [5, 5.41) is 12.6. The first-order valence-corrected chi connectivity index (χ1v) is 9.13. The zero-order valence-electron chi connectivity index (χ0n) is 13.8. The summed E-state index contributed by atoms with van der Waals surface area (Å²) in [5.41, 5.74) is 1.24. The van der Waals surface area contributed by atoms with Crippen molar-refractivity contribution >= 4 is 21.7 Å². The molecule has 132 valence electrons. The first-order valence-electron chi connectivity index (χ1n) is 7.64. The largest absolute Gasteiger partial charge is 0.478 e. The molecule has 2 aromatic rings. The third kappa shape index (κ3) is 4.68. The molecule has 0 aromatic heterocycles. The maximum Gasteiger partial charge on any atom is 0.337 e. The van der Waals surface area contributed by atoms with Crippen molar-refractivity contribution in [3.8, 4) is 0 Å². The summed E-state index contributed by atoms with van der Waals surface area (Å²) in [6, 6.07) is 13.4. The zero-order chi connectivity index (χ0) is 18.4. The van der Waals surface area contributed by atoms with E-state index in [4.69, 9.17) is 0 Å². The third-order valence-corrected chi connectivity index (χ3v) is 5.04. The van der Waals surface area contributed by atoms with Crippen molar-refractivity contribution in [2.24, 2.45) is 0 Å². The highest BCUT2D eigenvalue weighted by Gasteiger charge is 2.19. The quantitative estimate of drug-likeness (QED) is 0.629. The second-order valence-corrected chi connectivity index (χ2v) is 7.20. The van der Waals surface area contributed by atoms with E-state index >= 15 is 0 Å². The molecule has 2 rings (SSSR count). The van der Waals surface area contributed by atoms with Crippen LogP contribution in [0.15, 0.2) is 66.1 Å². The minimum Gasteiger partial charge on any atom is -0.478 e. The number of rotatable bonds is 8. The zero-order valence-corrected chi connectivity index (χ0v) is 14.6. The van der Waals surface area contributed by atoms with Gasteiger partial charge in [-0.1, -0.05) is 36.4 Å². The SMILES string of the molecule is C=CCNS(=O)(=O)c1ccc(N[C@H](C)c2ccccc2)c(C(=O)O)c1. The number of anilines is 1. The summed E-state index contributed by atoms with van der Waals surface area (Å²) in [5.74, 6) is -1.21. The van der Waals surface area contributed by atoms with Gasteiger partial charge in [-0.3, -0.25) is 0 Å². The normalized spacial score (nSPS) is 12.4. The van der Waals surface area contributed by atoms with Gasteiger partial charge in [-0.2, -0.15) is 0 Å². The lowest BCUT2D eigenvalue weighted by Crippen LogP contribution is -2.24. The number of benzene rings is 2. The smallest absolute Gasteiger partial charge is 0.337 e. The van der Waals surface area contributed by atoms with Crippen LogP contribution >= 0.6 is 0 Å². The molecule has 0 aliphatic heterocycles. The number of aromatic carboxylic acids is 1. The Hall–Kier alpha value is -2.64. The molecule has 2 aromatic carbocycles. The lowest BCUT2D eigenvalue weighted by atomic mass is 10.1. The second kappa shape index (κ2) is 7.96. The van der Waals surface area contributed by atoms with E-state index in [1.165, 1.54) is 18.2 Å². The van der Waals surface area contributed by atoms with Crippen molar-refractivity contribution in [1.82, 2.24) is 4.72 Å². The fourth-order valence-corrected chi connectivity index (χ4v) is 3.33. The molecule has 0 spiro atoms. The van der Waals surface area contributed by atoms with Gasteiger partial charge < -0.3 is 10.4 Å². The van der Waals surface area contributed by atoms with Crippen LogP contribution in [0.2, 0.25) is 0 Å². The number of hydrogen-bond acceptors (Lipinski definition) is 4. The van der Waals surface area contributed by atoms with Crippen LogP contribution in [-0.2, 0) is 10.0 Å². The molecular weight excluding hydrogens is 340 g/mol. The van der Waals surface area contributed by atoms with Crippen LogP contribution < -0.4 is 10.0 Å². The fraction of sp³-hybridized carbons (Fsp3) is 0.167. The average molecular weight is 360 g/mol.